The molecule has 0 aromatic heterocycles. The molecule has 0 aliphatic rings. The lowest BCUT2D eigenvalue weighted by Crippen LogP contribution is -2.30. The Balaban J connectivity index is 3.20. The Morgan fingerprint density at radius 2 is 2.11 bits per heavy atom. The molecule has 98 valence electrons. The van der Waals surface area contributed by atoms with Crippen molar-refractivity contribution in [2.45, 2.75) is 26.4 Å². The summed E-state index contributed by atoms with van der Waals surface area (Å²) in [5.74, 6) is -0.486. The van der Waals surface area contributed by atoms with E-state index in [1.807, 2.05) is 53.8 Å². The lowest BCUT2D eigenvalue weighted by atomic mass is 9.86. The van der Waals surface area contributed by atoms with Gasteiger partial charge in [-0.2, -0.15) is 0 Å². The molecule has 18 heavy (non-hydrogen) atoms. The van der Waals surface area contributed by atoms with Crippen molar-refractivity contribution in [1.29, 1.82) is 0 Å². The number of aryl methyl sites for hydroxylation is 1. The van der Waals surface area contributed by atoms with Crippen LogP contribution >= 0.6 is 22.6 Å². The molecule has 0 fully saturated rings. The maximum absolute atomic E-state index is 11.9. The van der Waals surface area contributed by atoms with Gasteiger partial charge in [-0.15, -0.1) is 0 Å². The van der Waals surface area contributed by atoms with Crippen LogP contribution in [0.15, 0.2) is 33.9 Å². The third-order valence-corrected chi connectivity index (χ3v) is 3.42. The van der Waals surface area contributed by atoms with Gasteiger partial charge in [-0.05, 0) is 36.0 Å². The fourth-order valence-corrected chi connectivity index (χ4v) is 2.68. The van der Waals surface area contributed by atoms with Crippen molar-refractivity contribution in [2.75, 3.05) is 6.61 Å². The summed E-state index contributed by atoms with van der Waals surface area (Å²) in [6, 6.07) is 7.45. The normalized spacial score (nSPS) is 15.1. The van der Waals surface area contributed by atoms with E-state index in [-0.39, 0.29) is 12.2 Å². The zero-order chi connectivity index (χ0) is 13.8. The number of hydrogen-bond acceptors (Lipinski definition) is 3. The van der Waals surface area contributed by atoms with Crippen molar-refractivity contribution in [3.8, 4) is 0 Å². The van der Waals surface area contributed by atoms with Crippen LogP contribution in [-0.4, -0.2) is 17.7 Å². The Morgan fingerprint density at radius 1 is 1.50 bits per heavy atom. The molecule has 0 aliphatic heterocycles. The molecule has 1 aromatic carbocycles. The summed E-state index contributed by atoms with van der Waals surface area (Å²) in [5.41, 5.74) is 0.543. The minimum atomic E-state index is -1.35. The Labute approximate surface area is 121 Å². The number of esters is 1. The van der Waals surface area contributed by atoms with Gasteiger partial charge in [0.1, 0.15) is 5.60 Å². The molecule has 4 heteroatoms. The second-order valence-electron chi connectivity index (χ2n) is 4.13. The van der Waals surface area contributed by atoms with Gasteiger partial charge in [0.25, 0.3) is 0 Å². The first kappa shape index (κ1) is 15.2. The molecule has 0 bridgehead atoms. The highest BCUT2D eigenvalue weighted by Crippen LogP contribution is 2.32. The van der Waals surface area contributed by atoms with Crippen molar-refractivity contribution in [1.82, 2.24) is 0 Å². The van der Waals surface area contributed by atoms with Crippen molar-refractivity contribution >= 4 is 28.6 Å². The van der Waals surface area contributed by atoms with Gasteiger partial charge in [-0.1, -0.05) is 46.9 Å². The summed E-state index contributed by atoms with van der Waals surface area (Å²) in [5, 5.41) is 10.6. The summed E-state index contributed by atoms with van der Waals surface area (Å²) in [7, 11) is 0. The lowest BCUT2D eigenvalue weighted by molar-refractivity contribution is -0.141. The molecule has 0 heterocycles. The maximum atomic E-state index is 11.9. The van der Waals surface area contributed by atoms with E-state index in [0.29, 0.717) is 5.56 Å². The van der Waals surface area contributed by atoms with Crippen molar-refractivity contribution in [3.05, 3.63) is 45.0 Å². The van der Waals surface area contributed by atoms with E-state index < -0.39 is 11.6 Å². The Bertz CT molecular complexity index is 464. The quantitative estimate of drug-likeness (QED) is 0.510. The summed E-state index contributed by atoms with van der Waals surface area (Å²) < 4.78 is 6.54. The van der Waals surface area contributed by atoms with E-state index in [1.165, 1.54) is 0 Å². The number of halogens is 1. The van der Waals surface area contributed by atoms with E-state index in [4.69, 9.17) is 4.74 Å². The Morgan fingerprint density at radius 3 is 2.61 bits per heavy atom. The van der Waals surface area contributed by atoms with Gasteiger partial charge in [0, 0.05) is 0 Å². The molecule has 1 rings (SSSR count). The van der Waals surface area contributed by atoms with E-state index in [1.54, 1.807) is 17.9 Å². The Hall–Kier alpha value is -0.880. The molecule has 1 unspecified atom stereocenters. The summed E-state index contributed by atoms with van der Waals surface area (Å²) in [6.45, 7) is 5.54. The molecule has 0 amide bonds. The minimum Gasteiger partial charge on any atom is -0.463 e. The highest BCUT2D eigenvalue weighted by atomic mass is 127. The van der Waals surface area contributed by atoms with Crippen LogP contribution in [0, 0.1) is 6.92 Å². The van der Waals surface area contributed by atoms with Gasteiger partial charge >= 0.3 is 5.97 Å². The minimum absolute atomic E-state index is 0.249. The highest BCUT2D eigenvalue weighted by molar-refractivity contribution is 14.1. The van der Waals surface area contributed by atoms with Gasteiger partial charge in [-0.3, -0.25) is 0 Å². The third-order valence-electron chi connectivity index (χ3n) is 2.80. The van der Waals surface area contributed by atoms with E-state index in [9.17, 15) is 9.90 Å². The van der Waals surface area contributed by atoms with Crippen LogP contribution in [0.1, 0.15) is 25.0 Å². The number of carbonyl (C=O) groups is 1. The van der Waals surface area contributed by atoms with Crippen molar-refractivity contribution < 1.29 is 14.6 Å². The zero-order valence-electron chi connectivity index (χ0n) is 10.7. The molecule has 1 aromatic rings. The molecule has 3 nitrogen and oxygen atoms in total. The number of benzene rings is 1. The standard InChI is InChI=1S/C14H17IO3/c1-4-18-13(16)12(9-15)14(3,17)11-8-6-5-7-10(11)2/h5-9,17H,4H2,1-3H3/b12-9+. The first-order valence-corrected chi connectivity index (χ1v) is 6.96. The third kappa shape index (κ3) is 3.11. The van der Waals surface area contributed by atoms with Crippen LogP contribution in [0.5, 0.6) is 0 Å². The van der Waals surface area contributed by atoms with E-state index >= 15 is 0 Å². The highest BCUT2D eigenvalue weighted by Gasteiger charge is 2.34. The smallest absolute Gasteiger partial charge is 0.337 e. The summed E-state index contributed by atoms with van der Waals surface area (Å²) in [4.78, 5) is 11.9. The number of carbonyl (C=O) groups excluding carboxylic acids is 1. The topological polar surface area (TPSA) is 46.5 Å². The number of ether oxygens (including phenoxy) is 1. The lowest BCUT2D eigenvalue weighted by Gasteiger charge is -2.27. The molecule has 1 atom stereocenters. The monoisotopic (exact) mass is 360 g/mol. The van der Waals surface area contributed by atoms with Gasteiger partial charge < -0.3 is 9.84 Å². The van der Waals surface area contributed by atoms with Crippen molar-refractivity contribution in [3.63, 3.8) is 0 Å². The zero-order valence-corrected chi connectivity index (χ0v) is 12.9. The van der Waals surface area contributed by atoms with E-state index in [0.717, 1.165) is 5.56 Å². The molecule has 0 spiro atoms. The molecule has 0 saturated heterocycles. The molecular formula is C14H17IO3. The second-order valence-corrected chi connectivity index (χ2v) is 4.75. The van der Waals surface area contributed by atoms with Crippen LogP contribution < -0.4 is 0 Å². The molecule has 0 saturated carbocycles. The fraction of sp³-hybridized carbons (Fsp3) is 0.357. The fourth-order valence-electron chi connectivity index (χ4n) is 1.82. The first-order valence-electron chi connectivity index (χ1n) is 5.71. The number of rotatable bonds is 4. The molecule has 1 N–H and O–H groups in total. The van der Waals surface area contributed by atoms with Crippen LogP contribution in [0.3, 0.4) is 0 Å². The number of aliphatic hydroxyl groups is 1. The predicted molar refractivity (Wildman–Crippen MR) is 79.5 cm³/mol. The number of hydrogen-bond donors (Lipinski definition) is 1. The predicted octanol–water partition coefficient (Wildman–Crippen LogP) is 3.08. The maximum Gasteiger partial charge on any atom is 0.337 e. The second kappa shape index (κ2) is 6.33. The Kier molecular flexibility index (Phi) is 5.34. The van der Waals surface area contributed by atoms with Crippen LogP contribution in [0.2, 0.25) is 0 Å². The van der Waals surface area contributed by atoms with Gasteiger partial charge in [0.15, 0.2) is 0 Å². The van der Waals surface area contributed by atoms with E-state index in [2.05, 4.69) is 0 Å². The van der Waals surface area contributed by atoms with Gasteiger partial charge in [0.2, 0.25) is 0 Å². The summed E-state index contributed by atoms with van der Waals surface area (Å²) >= 11 is 1.95. The SMILES string of the molecule is CCOC(=O)/C(=C\I)C(C)(O)c1ccccc1C. The first-order chi connectivity index (χ1) is 8.45. The van der Waals surface area contributed by atoms with Gasteiger partial charge in [0.05, 0.1) is 12.2 Å². The average molecular weight is 360 g/mol. The largest absolute Gasteiger partial charge is 0.463 e. The van der Waals surface area contributed by atoms with Crippen LogP contribution in [0.25, 0.3) is 0 Å². The van der Waals surface area contributed by atoms with Crippen molar-refractivity contribution in [2.24, 2.45) is 0 Å². The summed E-state index contributed by atoms with van der Waals surface area (Å²) in [6.07, 6.45) is 0. The van der Waals surface area contributed by atoms with Crippen LogP contribution in [0.4, 0.5) is 0 Å². The molecular weight excluding hydrogens is 343 g/mol. The molecule has 0 aliphatic carbocycles. The van der Waals surface area contributed by atoms with Gasteiger partial charge in [-0.25, -0.2) is 4.79 Å². The molecule has 0 radical (unpaired) electrons. The average Bonchev–Trinajstić information content (AvgIpc) is 2.30. The van der Waals surface area contributed by atoms with Crippen LogP contribution in [-0.2, 0) is 15.1 Å².